The Morgan fingerprint density at radius 2 is 1.85 bits per heavy atom. The number of hydrogen-bond acceptors (Lipinski definition) is 1. The molecular weight excluding hydrogens is 457 g/mol. The van der Waals surface area contributed by atoms with Crippen molar-refractivity contribution in [2.75, 3.05) is 0 Å². The molecule has 1 heterocycles. The molecule has 1 aliphatic heterocycles. The largest absolute Gasteiger partial charge is 0.252 e. The van der Waals surface area contributed by atoms with Crippen LogP contribution in [-0.2, 0) is 5.41 Å². The summed E-state index contributed by atoms with van der Waals surface area (Å²) in [6, 6.07) is 16.5. The standard InChI is InChI=1S/C19H16Cl2.C12H9N/c1-19-9-3-2-4-12(19)5-7-15-14-8-6-13(20)10-16(14)18(21)11-17(15)19;1-3-7-11-9(5-1)10-6-2-4-8-12(10)13-11/h4-8,10-11H,2-3,9H2,1H3;1-7H,8H2. The Bertz CT molecular complexity index is 1480. The van der Waals surface area contributed by atoms with Gasteiger partial charge in [-0.15, -0.1) is 0 Å². The van der Waals surface area contributed by atoms with Gasteiger partial charge in [0.05, 0.1) is 11.4 Å². The average molecular weight is 482 g/mol. The Morgan fingerprint density at radius 3 is 2.76 bits per heavy atom. The maximum Gasteiger partial charge on any atom is 0.0712 e. The number of fused-ring (bicyclic) bond motifs is 8. The third kappa shape index (κ3) is 3.50. The summed E-state index contributed by atoms with van der Waals surface area (Å²) in [4.78, 5) is 4.57. The minimum atomic E-state index is 0.0970. The number of nitrogens with zero attached hydrogens (tertiary/aromatic N) is 1. The lowest BCUT2D eigenvalue weighted by molar-refractivity contribution is 0.473. The molecule has 0 saturated heterocycles. The van der Waals surface area contributed by atoms with Crippen LogP contribution < -0.4 is 0 Å². The SMILES string of the molecule is C1=CCC2=Nc3ccccc3C2=C1.CC12CCCC=C1C=Cc1c2cc(Cl)c2cc(Cl)ccc12. The van der Waals surface area contributed by atoms with Crippen molar-refractivity contribution in [3.8, 4) is 0 Å². The summed E-state index contributed by atoms with van der Waals surface area (Å²) < 4.78 is 0. The number of benzene rings is 3. The summed E-state index contributed by atoms with van der Waals surface area (Å²) in [5.74, 6) is 0. The highest BCUT2D eigenvalue weighted by molar-refractivity contribution is 6.37. The van der Waals surface area contributed by atoms with E-state index in [1.54, 1.807) is 0 Å². The molecule has 34 heavy (non-hydrogen) atoms. The van der Waals surface area contributed by atoms with Gasteiger partial charge in [0.15, 0.2) is 0 Å². The van der Waals surface area contributed by atoms with Crippen LogP contribution >= 0.6 is 23.2 Å². The minimum Gasteiger partial charge on any atom is -0.252 e. The third-order valence-electron chi connectivity index (χ3n) is 7.47. The van der Waals surface area contributed by atoms with Crippen LogP contribution in [-0.4, -0.2) is 5.71 Å². The first-order chi connectivity index (χ1) is 16.5. The number of para-hydroxylation sites is 1. The van der Waals surface area contributed by atoms with E-state index in [-0.39, 0.29) is 5.41 Å². The van der Waals surface area contributed by atoms with Gasteiger partial charge in [0.2, 0.25) is 0 Å². The van der Waals surface area contributed by atoms with E-state index in [1.807, 2.05) is 18.2 Å². The van der Waals surface area contributed by atoms with Crippen molar-refractivity contribution < 1.29 is 0 Å². The highest BCUT2D eigenvalue weighted by atomic mass is 35.5. The van der Waals surface area contributed by atoms with Gasteiger partial charge in [0.25, 0.3) is 0 Å². The molecule has 3 aromatic rings. The number of hydrogen-bond donors (Lipinski definition) is 0. The van der Waals surface area contributed by atoms with Crippen molar-refractivity contribution in [1.29, 1.82) is 0 Å². The second-order valence-electron chi connectivity index (χ2n) is 9.51. The molecule has 0 radical (unpaired) electrons. The van der Waals surface area contributed by atoms with Crippen molar-refractivity contribution in [2.24, 2.45) is 4.99 Å². The molecule has 0 fully saturated rings. The van der Waals surface area contributed by atoms with Crippen LogP contribution in [0.1, 0.15) is 49.3 Å². The second kappa shape index (κ2) is 8.41. The van der Waals surface area contributed by atoms with Gasteiger partial charge in [-0.25, -0.2) is 0 Å². The van der Waals surface area contributed by atoms with Crippen molar-refractivity contribution in [3.63, 3.8) is 0 Å². The van der Waals surface area contributed by atoms with Crippen molar-refractivity contribution in [3.05, 3.63) is 111 Å². The maximum atomic E-state index is 6.56. The molecule has 0 bridgehead atoms. The predicted octanol–water partition coefficient (Wildman–Crippen LogP) is 9.66. The zero-order chi connectivity index (χ0) is 23.3. The Balaban J connectivity index is 0.000000143. The van der Waals surface area contributed by atoms with Gasteiger partial charge in [0, 0.05) is 38.4 Å². The first kappa shape index (κ1) is 21.6. The van der Waals surface area contributed by atoms with Crippen molar-refractivity contribution in [2.45, 2.75) is 38.0 Å². The molecule has 0 aromatic heterocycles. The first-order valence-corrected chi connectivity index (χ1v) is 12.7. The Morgan fingerprint density at radius 1 is 0.971 bits per heavy atom. The molecular formula is C31H25Cl2N. The molecule has 4 aliphatic rings. The molecule has 0 amide bonds. The monoisotopic (exact) mass is 481 g/mol. The summed E-state index contributed by atoms with van der Waals surface area (Å²) in [6.07, 6.45) is 17.9. The van der Waals surface area contributed by atoms with E-state index in [2.05, 4.69) is 78.7 Å². The van der Waals surface area contributed by atoms with Crippen LogP contribution in [0.4, 0.5) is 5.69 Å². The van der Waals surface area contributed by atoms with Crippen LogP contribution in [0.5, 0.6) is 0 Å². The van der Waals surface area contributed by atoms with Crippen molar-refractivity contribution >= 4 is 57.0 Å². The molecule has 0 spiro atoms. The smallest absolute Gasteiger partial charge is 0.0712 e. The van der Waals surface area contributed by atoms with Gasteiger partial charge in [-0.05, 0) is 65.6 Å². The number of aliphatic imine (C=N–C) groups is 1. The fraction of sp³-hybridized carbons (Fsp3) is 0.194. The van der Waals surface area contributed by atoms with Crippen LogP contribution in [0.25, 0.3) is 22.4 Å². The average Bonchev–Trinajstić information content (AvgIpc) is 3.23. The fourth-order valence-electron chi connectivity index (χ4n) is 5.66. The van der Waals surface area contributed by atoms with E-state index in [9.17, 15) is 0 Å². The second-order valence-corrected chi connectivity index (χ2v) is 10.4. The molecule has 3 aromatic carbocycles. The van der Waals surface area contributed by atoms with Crippen molar-refractivity contribution in [1.82, 2.24) is 0 Å². The highest BCUT2D eigenvalue weighted by Crippen LogP contribution is 2.48. The molecule has 3 heteroatoms. The lowest BCUT2D eigenvalue weighted by Gasteiger charge is -2.39. The number of allylic oxidation sites excluding steroid dienone is 7. The van der Waals surface area contributed by atoms with E-state index in [0.717, 1.165) is 27.5 Å². The Labute approximate surface area is 210 Å². The zero-order valence-corrected chi connectivity index (χ0v) is 20.6. The molecule has 7 rings (SSSR count). The summed E-state index contributed by atoms with van der Waals surface area (Å²) in [7, 11) is 0. The molecule has 1 nitrogen and oxygen atoms in total. The van der Waals surface area contributed by atoms with E-state index in [4.69, 9.17) is 23.2 Å². The molecule has 0 saturated carbocycles. The topological polar surface area (TPSA) is 12.4 Å². The van der Waals surface area contributed by atoms with E-state index >= 15 is 0 Å². The zero-order valence-electron chi connectivity index (χ0n) is 19.1. The summed E-state index contributed by atoms with van der Waals surface area (Å²) in [5.41, 5.74) is 9.10. The lowest BCUT2D eigenvalue weighted by atomic mass is 9.65. The minimum absolute atomic E-state index is 0.0970. The van der Waals surface area contributed by atoms with Gasteiger partial charge in [-0.3, -0.25) is 4.99 Å². The van der Waals surface area contributed by atoms with E-state index < -0.39 is 0 Å². The van der Waals surface area contributed by atoms with E-state index in [1.165, 1.54) is 58.2 Å². The summed E-state index contributed by atoms with van der Waals surface area (Å²) >= 11 is 12.7. The maximum absolute atomic E-state index is 6.56. The van der Waals surface area contributed by atoms with E-state index in [0.29, 0.717) is 0 Å². The summed E-state index contributed by atoms with van der Waals surface area (Å²) in [6.45, 7) is 2.35. The quantitative estimate of drug-likeness (QED) is 0.302. The summed E-state index contributed by atoms with van der Waals surface area (Å²) in [5, 5.41) is 3.77. The third-order valence-corrected chi connectivity index (χ3v) is 8.02. The van der Waals surface area contributed by atoms with Crippen LogP contribution in [0.15, 0.2) is 89.5 Å². The van der Waals surface area contributed by atoms with Gasteiger partial charge in [-0.1, -0.05) is 90.8 Å². The number of halogens is 2. The number of rotatable bonds is 0. The Kier molecular flexibility index (Phi) is 5.36. The van der Waals surface area contributed by atoms with Gasteiger partial charge < -0.3 is 0 Å². The van der Waals surface area contributed by atoms with Gasteiger partial charge in [0.1, 0.15) is 0 Å². The van der Waals surface area contributed by atoms with Gasteiger partial charge in [-0.2, -0.15) is 0 Å². The van der Waals surface area contributed by atoms with Crippen LogP contribution in [0.2, 0.25) is 10.0 Å². The Hall–Kier alpha value is -2.87. The fourth-order valence-corrected chi connectivity index (χ4v) is 6.09. The highest BCUT2D eigenvalue weighted by Gasteiger charge is 2.36. The first-order valence-electron chi connectivity index (χ1n) is 11.9. The lowest BCUT2D eigenvalue weighted by Crippen LogP contribution is -2.29. The van der Waals surface area contributed by atoms with Gasteiger partial charge >= 0.3 is 0 Å². The molecule has 168 valence electrons. The molecule has 1 atom stereocenters. The molecule has 3 aliphatic carbocycles. The molecule has 0 N–H and O–H groups in total. The predicted molar refractivity (Wildman–Crippen MR) is 148 cm³/mol. The van der Waals surface area contributed by atoms with Crippen LogP contribution in [0, 0.1) is 0 Å². The molecule has 1 unspecified atom stereocenters. The normalized spacial score (nSPS) is 21.3. The van der Waals surface area contributed by atoms with Crippen LogP contribution in [0.3, 0.4) is 0 Å².